The summed E-state index contributed by atoms with van der Waals surface area (Å²) in [6.45, 7) is 1.70. The smallest absolute Gasteiger partial charge is 0.266 e. The number of hydrogen-bond acceptors (Lipinski definition) is 5. The van der Waals surface area contributed by atoms with E-state index in [1.807, 2.05) is 4.90 Å². The molecule has 0 spiro atoms. The van der Waals surface area contributed by atoms with Crippen molar-refractivity contribution in [2.75, 3.05) is 25.1 Å². The Bertz CT molecular complexity index is 556. The lowest BCUT2D eigenvalue weighted by molar-refractivity contribution is 0.402. The summed E-state index contributed by atoms with van der Waals surface area (Å²) in [4.78, 5) is 5.87. The first kappa shape index (κ1) is 13.7. The number of hydrogen-bond donors (Lipinski definition) is 0. The van der Waals surface area contributed by atoms with Gasteiger partial charge in [0.25, 0.3) is 9.05 Å². The summed E-state index contributed by atoms with van der Waals surface area (Å²) in [5.74, 6) is 0.582. The van der Waals surface area contributed by atoms with Crippen LogP contribution in [-0.4, -0.2) is 33.6 Å². The highest BCUT2D eigenvalue weighted by Crippen LogP contribution is 2.39. The molecule has 0 radical (unpaired) electrons. The Hall–Kier alpha value is -0.720. The Labute approximate surface area is 115 Å². The molecule has 8 heteroatoms. The van der Waals surface area contributed by atoms with Gasteiger partial charge in [-0.15, -0.1) is 0 Å². The molecular formula is C10H12Cl2N2O3S. The van der Waals surface area contributed by atoms with Gasteiger partial charge in [-0.1, -0.05) is 11.6 Å². The normalized spacial score (nSPS) is 16.1. The molecule has 0 atom stereocenters. The van der Waals surface area contributed by atoms with Crippen LogP contribution in [0.5, 0.6) is 5.75 Å². The molecule has 2 heterocycles. The fraction of sp³-hybridized carbons (Fsp3) is 0.500. The third-order valence-corrected chi connectivity index (χ3v) is 4.45. The number of aromatic nitrogens is 1. The molecule has 0 aliphatic carbocycles. The predicted molar refractivity (Wildman–Crippen MR) is 70.3 cm³/mol. The molecule has 100 valence electrons. The van der Waals surface area contributed by atoms with Crippen molar-refractivity contribution in [3.05, 3.63) is 11.2 Å². The van der Waals surface area contributed by atoms with Crippen LogP contribution in [0.4, 0.5) is 5.82 Å². The average Bonchev–Trinajstić information content (AvgIpc) is 2.80. The summed E-state index contributed by atoms with van der Waals surface area (Å²) < 4.78 is 27.8. The van der Waals surface area contributed by atoms with Crippen LogP contribution in [0.25, 0.3) is 0 Å². The number of anilines is 1. The minimum atomic E-state index is -3.93. The highest BCUT2D eigenvalue weighted by Gasteiger charge is 2.25. The van der Waals surface area contributed by atoms with Crippen LogP contribution < -0.4 is 9.64 Å². The Balaban J connectivity index is 2.54. The molecule has 0 unspecified atom stereocenters. The zero-order valence-corrected chi connectivity index (χ0v) is 12.0. The van der Waals surface area contributed by atoms with Gasteiger partial charge in [-0.2, -0.15) is 0 Å². The minimum Gasteiger partial charge on any atom is -0.494 e. The molecular weight excluding hydrogens is 299 g/mol. The molecule has 1 aromatic rings. The molecule has 1 aromatic heterocycles. The molecule has 0 saturated carbocycles. The van der Waals surface area contributed by atoms with Crippen molar-refractivity contribution in [2.24, 2.45) is 0 Å². The summed E-state index contributed by atoms with van der Waals surface area (Å²) in [6.07, 6.45) is 3.31. The largest absolute Gasteiger partial charge is 0.494 e. The Kier molecular flexibility index (Phi) is 3.89. The van der Waals surface area contributed by atoms with Crippen LogP contribution in [0.3, 0.4) is 0 Å². The fourth-order valence-electron chi connectivity index (χ4n) is 1.96. The van der Waals surface area contributed by atoms with Gasteiger partial charge in [0.2, 0.25) is 0 Å². The minimum absolute atomic E-state index is 0.0450. The van der Waals surface area contributed by atoms with Crippen molar-refractivity contribution in [2.45, 2.75) is 17.7 Å². The average molecular weight is 311 g/mol. The predicted octanol–water partition coefficient (Wildman–Crippen LogP) is 2.27. The van der Waals surface area contributed by atoms with E-state index in [9.17, 15) is 8.42 Å². The van der Waals surface area contributed by atoms with Gasteiger partial charge in [-0.05, 0) is 12.8 Å². The number of halogens is 2. The molecule has 2 rings (SSSR count). The Morgan fingerprint density at radius 3 is 2.50 bits per heavy atom. The Morgan fingerprint density at radius 1 is 1.39 bits per heavy atom. The highest BCUT2D eigenvalue weighted by molar-refractivity contribution is 8.13. The second kappa shape index (κ2) is 5.11. The first-order chi connectivity index (χ1) is 8.45. The summed E-state index contributed by atoms with van der Waals surface area (Å²) in [6, 6.07) is 0. The van der Waals surface area contributed by atoms with E-state index in [-0.39, 0.29) is 15.7 Å². The zero-order chi connectivity index (χ0) is 13.3. The quantitative estimate of drug-likeness (QED) is 0.802. The standard InChI is InChI=1S/C10H12Cl2N2O3S/c1-17-9-7(18(12,15)16)6-13-10(8(9)11)14-4-2-3-5-14/h6H,2-5H2,1H3. The van der Waals surface area contributed by atoms with Crippen LogP contribution in [0, 0.1) is 0 Å². The van der Waals surface area contributed by atoms with Crippen LogP contribution >= 0.6 is 22.3 Å². The van der Waals surface area contributed by atoms with Crippen molar-refractivity contribution in [3.63, 3.8) is 0 Å². The summed E-state index contributed by atoms with van der Waals surface area (Å²) in [5, 5.41) is 0.182. The molecule has 1 aliphatic heterocycles. The number of ether oxygens (including phenoxy) is 1. The second-order valence-corrected chi connectivity index (χ2v) is 6.84. The number of nitrogens with zero attached hydrogens (tertiary/aromatic N) is 2. The molecule has 0 aromatic carbocycles. The third kappa shape index (κ3) is 2.50. The van der Waals surface area contributed by atoms with Gasteiger partial charge in [-0.25, -0.2) is 13.4 Å². The molecule has 0 amide bonds. The molecule has 1 fully saturated rings. The number of pyridine rings is 1. The van der Waals surface area contributed by atoms with Gasteiger partial charge in [0.15, 0.2) is 11.6 Å². The van der Waals surface area contributed by atoms with Crippen molar-refractivity contribution >= 4 is 37.2 Å². The van der Waals surface area contributed by atoms with E-state index < -0.39 is 9.05 Å². The van der Waals surface area contributed by atoms with Crippen LogP contribution in [-0.2, 0) is 9.05 Å². The first-order valence-electron chi connectivity index (χ1n) is 5.37. The zero-order valence-electron chi connectivity index (χ0n) is 9.69. The fourth-order valence-corrected chi connectivity index (χ4v) is 3.28. The van der Waals surface area contributed by atoms with E-state index >= 15 is 0 Å². The van der Waals surface area contributed by atoms with Gasteiger partial charge in [0.1, 0.15) is 9.92 Å². The van der Waals surface area contributed by atoms with Gasteiger partial charge in [0, 0.05) is 23.8 Å². The maximum Gasteiger partial charge on any atom is 0.266 e. The van der Waals surface area contributed by atoms with Gasteiger partial charge in [-0.3, -0.25) is 0 Å². The van der Waals surface area contributed by atoms with Gasteiger partial charge in [0.05, 0.1) is 13.3 Å². The maximum atomic E-state index is 11.4. The van der Waals surface area contributed by atoms with Gasteiger partial charge >= 0.3 is 0 Å². The van der Waals surface area contributed by atoms with Crippen molar-refractivity contribution < 1.29 is 13.2 Å². The van der Waals surface area contributed by atoms with Gasteiger partial charge < -0.3 is 9.64 Å². The van der Waals surface area contributed by atoms with E-state index in [0.29, 0.717) is 5.82 Å². The molecule has 1 aliphatic rings. The summed E-state index contributed by atoms with van der Waals surface area (Å²) in [5.41, 5.74) is 0. The lowest BCUT2D eigenvalue weighted by Gasteiger charge is -2.19. The first-order valence-corrected chi connectivity index (χ1v) is 8.06. The van der Waals surface area contributed by atoms with E-state index in [0.717, 1.165) is 25.9 Å². The molecule has 0 N–H and O–H groups in total. The lowest BCUT2D eigenvalue weighted by Crippen LogP contribution is -2.20. The summed E-state index contributed by atoms with van der Waals surface area (Å²) >= 11 is 6.15. The maximum absolute atomic E-state index is 11.4. The lowest BCUT2D eigenvalue weighted by atomic mass is 10.4. The van der Waals surface area contributed by atoms with Crippen LogP contribution in [0.15, 0.2) is 11.1 Å². The van der Waals surface area contributed by atoms with Crippen molar-refractivity contribution in [1.82, 2.24) is 4.98 Å². The van der Waals surface area contributed by atoms with Crippen LogP contribution in [0.2, 0.25) is 5.02 Å². The van der Waals surface area contributed by atoms with Crippen LogP contribution in [0.1, 0.15) is 12.8 Å². The highest BCUT2D eigenvalue weighted by atomic mass is 35.7. The SMILES string of the molecule is COc1c(S(=O)(=O)Cl)cnc(N2CCCC2)c1Cl. The second-order valence-electron chi connectivity index (χ2n) is 3.93. The van der Waals surface area contributed by atoms with Crippen molar-refractivity contribution in [1.29, 1.82) is 0 Å². The Morgan fingerprint density at radius 2 is 2.00 bits per heavy atom. The van der Waals surface area contributed by atoms with E-state index in [1.165, 1.54) is 13.3 Å². The van der Waals surface area contributed by atoms with E-state index in [4.69, 9.17) is 27.0 Å². The molecule has 1 saturated heterocycles. The number of methoxy groups -OCH3 is 1. The van der Waals surface area contributed by atoms with E-state index in [1.54, 1.807) is 0 Å². The molecule has 18 heavy (non-hydrogen) atoms. The van der Waals surface area contributed by atoms with E-state index in [2.05, 4.69) is 4.98 Å². The monoisotopic (exact) mass is 310 g/mol. The topological polar surface area (TPSA) is 59.5 Å². The molecule has 5 nitrogen and oxygen atoms in total. The third-order valence-electron chi connectivity index (χ3n) is 2.80. The number of rotatable bonds is 3. The summed E-state index contributed by atoms with van der Waals surface area (Å²) in [7, 11) is 2.73. The molecule has 0 bridgehead atoms. The van der Waals surface area contributed by atoms with Crippen molar-refractivity contribution in [3.8, 4) is 5.75 Å².